The van der Waals surface area contributed by atoms with E-state index in [-0.39, 0.29) is 11.4 Å². The second-order valence-electron chi connectivity index (χ2n) is 4.26. The second kappa shape index (κ2) is 3.46. The van der Waals surface area contributed by atoms with Gasteiger partial charge in [-0.1, -0.05) is 17.7 Å². The van der Waals surface area contributed by atoms with Gasteiger partial charge in [0.15, 0.2) is 0 Å². The quantitative estimate of drug-likeness (QED) is 0.745. The van der Waals surface area contributed by atoms with Crippen LogP contribution in [-0.2, 0) is 6.42 Å². The van der Waals surface area contributed by atoms with Crippen molar-refractivity contribution in [3.8, 4) is 0 Å². The van der Waals surface area contributed by atoms with Gasteiger partial charge in [-0.25, -0.2) is 4.39 Å². The van der Waals surface area contributed by atoms with Gasteiger partial charge in [0.1, 0.15) is 5.82 Å². The van der Waals surface area contributed by atoms with Crippen LogP contribution in [0.3, 0.4) is 0 Å². The third-order valence-corrected chi connectivity index (χ3v) is 1.85. The minimum Gasteiger partial charge on any atom is -0.325 e. The summed E-state index contributed by atoms with van der Waals surface area (Å²) >= 11 is 0. The summed E-state index contributed by atoms with van der Waals surface area (Å²) in [7, 11) is 0. The lowest BCUT2D eigenvalue weighted by Crippen LogP contribution is -2.34. The van der Waals surface area contributed by atoms with Gasteiger partial charge in [0.2, 0.25) is 0 Å². The summed E-state index contributed by atoms with van der Waals surface area (Å²) < 4.78 is 13.2. The Morgan fingerprint density at radius 3 is 2.54 bits per heavy atom. The van der Waals surface area contributed by atoms with Gasteiger partial charge < -0.3 is 5.73 Å². The maximum absolute atomic E-state index is 13.2. The molecule has 0 radical (unpaired) electrons. The lowest BCUT2D eigenvalue weighted by atomic mass is 9.95. The predicted molar refractivity (Wildman–Crippen MR) is 53.1 cm³/mol. The van der Waals surface area contributed by atoms with Gasteiger partial charge in [0.25, 0.3) is 0 Å². The minimum atomic E-state index is -0.353. The largest absolute Gasteiger partial charge is 0.325 e. The third kappa shape index (κ3) is 3.15. The molecule has 1 aromatic carbocycles. The van der Waals surface area contributed by atoms with Crippen LogP contribution in [0.5, 0.6) is 0 Å². The Bertz CT molecular complexity index is 299. The van der Waals surface area contributed by atoms with Crippen molar-refractivity contribution in [3.05, 3.63) is 35.1 Å². The summed E-state index contributed by atoms with van der Waals surface area (Å²) in [5.74, 6) is -0.163. The van der Waals surface area contributed by atoms with Gasteiger partial charge in [-0.3, -0.25) is 0 Å². The van der Waals surface area contributed by atoms with Crippen molar-refractivity contribution in [2.24, 2.45) is 5.73 Å². The Balaban J connectivity index is 2.94. The van der Waals surface area contributed by atoms with Crippen molar-refractivity contribution in [2.75, 3.05) is 0 Å². The maximum Gasteiger partial charge on any atom is 0.126 e. The summed E-state index contributed by atoms with van der Waals surface area (Å²) in [6, 6.07) is 5.11. The molecule has 2 N–H and O–H groups in total. The number of hydrogen-bond donors (Lipinski definition) is 1. The average Bonchev–Trinajstić information content (AvgIpc) is 1.94. The number of halogens is 1. The number of hydrogen-bond acceptors (Lipinski definition) is 1. The van der Waals surface area contributed by atoms with Gasteiger partial charge >= 0.3 is 0 Å². The van der Waals surface area contributed by atoms with E-state index in [1.165, 1.54) is 6.07 Å². The standard InChI is InChI=1S/C11H16FN/c1-8-4-5-10(12)9(6-8)7-11(2,3)13/h4-6H,7,13H2,1-3H3. The molecule has 0 saturated carbocycles. The molecular weight excluding hydrogens is 165 g/mol. The second-order valence-corrected chi connectivity index (χ2v) is 4.26. The molecule has 13 heavy (non-hydrogen) atoms. The molecule has 72 valence electrons. The van der Waals surface area contributed by atoms with Crippen LogP contribution in [-0.4, -0.2) is 5.54 Å². The Morgan fingerprint density at radius 2 is 2.00 bits per heavy atom. The maximum atomic E-state index is 13.2. The predicted octanol–water partition coefficient (Wildman–Crippen LogP) is 2.41. The first-order chi connectivity index (χ1) is 5.88. The SMILES string of the molecule is Cc1ccc(F)c(CC(C)(C)N)c1. The molecule has 0 aromatic heterocycles. The highest BCUT2D eigenvalue weighted by Crippen LogP contribution is 2.15. The highest BCUT2D eigenvalue weighted by atomic mass is 19.1. The van der Waals surface area contributed by atoms with Crippen LogP contribution < -0.4 is 5.73 Å². The van der Waals surface area contributed by atoms with Crippen LogP contribution in [0, 0.1) is 12.7 Å². The first-order valence-corrected chi connectivity index (χ1v) is 4.42. The molecule has 0 unspecified atom stereocenters. The first-order valence-electron chi connectivity index (χ1n) is 4.42. The van der Waals surface area contributed by atoms with E-state index in [0.717, 1.165) is 5.56 Å². The molecule has 0 bridgehead atoms. The van der Waals surface area contributed by atoms with Crippen molar-refractivity contribution in [3.63, 3.8) is 0 Å². The normalized spacial score (nSPS) is 11.8. The van der Waals surface area contributed by atoms with E-state index in [1.54, 1.807) is 6.07 Å². The third-order valence-electron chi connectivity index (χ3n) is 1.85. The number of rotatable bonds is 2. The van der Waals surface area contributed by atoms with Crippen molar-refractivity contribution >= 4 is 0 Å². The molecule has 1 rings (SSSR count). The smallest absolute Gasteiger partial charge is 0.126 e. The number of nitrogens with two attached hydrogens (primary N) is 1. The van der Waals surface area contributed by atoms with E-state index >= 15 is 0 Å². The van der Waals surface area contributed by atoms with Crippen LogP contribution in [0.1, 0.15) is 25.0 Å². The van der Waals surface area contributed by atoms with Crippen LogP contribution in [0.15, 0.2) is 18.2 Å². The summed E-state index contributed by atoms with van der Waals surface area (Å²) in [5.41, 5.74) is 7.24. The van der Waals surface area contributed by atoms with E-state index in [9.17, 15) is 4.39 Å². The van der Waals surface area contributed by atoms with Crippen molar-refractivity contribution in [1.29, 1.82) is 0 Å². The van der Waals surface area contributed by atoms with E-state index in [2.05, 4.69) is 0 Å². The van der Waals surface area contributed by atoms with Crippen molar-refractivity contribution in [1.82, 2.24) is 0 Å². The topological polar surface area (TPSA) is 26.0 Å². The number of aryl methyl sites for hydroxylation is 1. The summed E-state index contributed by atoms with van der Waals surface area (Å²) in [4.78, 5) is 0. The molecule has 0 atom stereocenters. The molecule has 1 nitrogen and oxygen atoms in total. The van der Waals surface area contributed by atoms with Crippen LogP contribution in [0.4, 0.5) is 4.39 Å². The molecule has 0 aliphatic rings. The van der Waals surface area contributed by atoms with Gasteiger partial charge in [0.05, 0.1) is 0 Å². The van der Waals surface area contributed by atoms with Gasteiger partial charge in [0, 0.05) is 5.54 Å². The Labute approximate surface area is 78.8 Å². The zero-order valence-electron chi connectivity index (χ0n) is 8.39. The molecule has 0 fully saturated rings. The van der Waals surface area contributed by atoms with Gasteiger partial charge in [-0.2, -0.15) is 0 Å². The van der Waals surface area contributed by atoms with Crippen molar-refractivity contribution < 1.29 is 4.39 Å². The average molecular weight is 181 g/mol. The Morgan fingerprint density at radius 1 is 1.38 bits per heavy atom. The zero-order chi connectivity index (χ0) is 10.1. The molecule has 0 aliphatic heterocycles. The fraction of sp³-hybridized carbons (Fsp3) is 0.455. The van der Waals surface area contributed by atoms with Gasteiger partial charge in [-0.05, 0) is 38.8 Å². The van der Waals surface area contributed by atoms with Crippen LogP contribution in [0.25, 0.3) is 0 Å². The minimum absolute atomic E-state index is 0.163. The van der Waals surface area contributed by atoms with E-state index < -0.39 is 0 Å². The molecule has 1 aromatic rings. The lowest BCUT2D eigenvalue weighted by Gasteiger charge is -2.18. The molecular formula is C11H16FN. The molecule has 0 aliphatic carbocycles. The van der Waals surface area contributed by atoms with Crippen LogP contribution in [0.2, 0.25) is 0 Å². The highest BCUT2D eigenvalue weighted by Gasteiger charge is 2.14. The fourth-order valence-electron chi connectivity index (χ4n) is 1.33. The highest BCUT2D eigenvalue weighted by molar-refractivity contribution is 5.25. The Kier molecular flexibility index (Phi) is 2.71. The Hall–Kier alpha value is -0.890. The molecule has 0 heterocycles. The summed E-state index contributed by atoms with van der Waals surface area (Å²) in [6.45, 7) is 5.75. The molecule has 0 spiro atoms. The molecule has 0 saturated heterocycles. The summed E-state index contributed by atoms with van der Waals surface area (Å²) in [6.07, 6.45) is 0.570. The lowest BCUT2D eigenvalue weighted by molar-refractivity contribution is 0.497. The van der Waals surface area contributed by atoms with Gasteiger partial charge in [-0.15, -0.1) is 0 Å². The molecule has 0 amide bonds. The van der Waals surface area contributed by atoms with E-state index in [1.807, 2.05) is 26.8 Å². The first kappa shape index (κ1) is 10.2. The van der Waals surface area contributed by atoms with E-state index in [0.29, 0.717) is 12.0 Å². The monoisotopic (exact) mass is 181 g/mol. The zero-order valence-corrected chi connectivity index (χ0v) is 8.39. The van der Waals surface area contributed by atoms with Crippen molar-refractivity contribution in [2.45, 2.75) is 32.7 Å². The molecule has 2 heteroatoms. The van der Waals surface area contributed by atoms with Crippen LogP contribution >= 0.6 is 0 Å². The fourth-order valence-corrected chi connectivity index (χ4v) is 1.33. The summed E-state index contributed by atoms with van der Waals surface area (Å²) in [5, 5.41) is 0. The van der Waals surface area contributed by atoms with E-state index in [4.69, 9.17) is 5.73 Å². The number of benzene rings is 1.